The molecule has 7 nitrogen and oxygen atoms in total. The van der Waals surface area contributed by atoms with Crippen LogP contribution >= 0.6 is 0 Å². The van der Waals surface area contributed by atoms with Gasteiger partial charge in [0, 0.05) is 22.6 Å². The van der Waals surface area contributed by atoms with E-state index in [0.717, 1.165) is 6.42 Å². The summed E-state index contributed by atoms with van der Waals surface area (Å²) < 4.78 is 12.6. The Hall–Kier alpha value is -3.16. The number of hydrogen-bond acceptors (Lipinski definition) is 7. The van der Waals surface area contributed by atoms with Gasteiger partial charge in [0.2, 0.25) is 0 Å². The molecule has 0 saturated heterocycles. The molecule has 2 aromatic carbocycles. The zero-order chi connectivity index (χ0) is 26.5. The van der Waals surface area contributed by atoms with Crippen LogP contribution in [-0.4, -0.2) is 42.3 Å². The molecule has 5 N–H and O–H groups in total. The summed E-state index contributed by atoms with van der Waals surface area (Å²) in [4.78, 5) is 0. The quantitative estimate of drug-likeness (QED) is 0.258. The SMILES string of the molecule is CC(C)(O)CCCC1(C)C=Cc2c(c(O)c(CCC(C)(C)O)c3cc(-c4cc(O)cc(O)c4)oc23)O1. The van der Waals surface area contributed by atoms with Crippen molar-refractivity contribution in [1.82, 2.24) is 0 Å². The molecule has 0 spiro atoms. The van der Waals surface area contributed by atoms with Crippen LogP contribution in [0.2, 0.25) is 0 Å². The molecule has 1 aliphatic rings. The molecule has 7 heteroatoms. The zero-order valence-corrected chi connectivity index (χ0v) is 21.6. The number of rotatable bonds is 8. The fourth-order valence-corrected chi connectivity index (χ4v) is 4.66. The minimum Gasteiger partial charge on any atom is -0.508 e. The molecule has 1 aliphatic heterocycles. The van der Waals surface area contributed by atoms with Crippen LogP contribution in [0.3, 0.4) is 0 Å². The second kappa shape index (κ2) is 9.05. The maximum Gasteiger partial charge on any atom is 0.173 e. The van der Waals surface area contributed by atoms with Crippen molar-refractivity contribution < 1.29 is 34.7 Å². The molecule has 1 atom stereocenters. The van der Waals surface area contributed by atoms with Crippen LogP contribution in [0.4, 0.5) is 0 Å². The Kier molecular flexibility index (Phi) is 6.52. The second-order valence-corrected chi connectivity index (χ2v) is 11.4. The molecule has 4 rings (SSSR count). The van der Waals surface area contributed by atoms with Gasteiger partial charge < -0.3 is 34.7 Å². The predicted octanol–water partition coefficient (Wildman–Crippen LogP) is 6.03. The van der Waals surface area contributed by atoms with Crippen molar-refractivity contribution in [2.75, 3.05) is 0 Å². The van der Waals surface area contributed by atoms with Gasteiger partial charge in [0.15, 0.2) is 11.5 Å². The molecular weight excluding hydrogens is 460 g/mol. The summed E-state index contributed by atoms with van der Waals surface area (Å²) in [7, 11) is 0. The van der Waals surface area contributed by atoms with E-state index in [1.807, 2.05) is 19.1 Å². The number of ether oxygens (including phenoxy) is 1. The van der Waals surface area contributed by atoms with Gasteiger partial charge in [-0.3, -0.25) is 0 Å². The Morgan fingerprint density at radius 1 is 0.889 bits per heavy atom. The van der Waals surface area contributed by atoms with Crippen LogP contribution in [0.5, 0.6) is 23.0 Å². The molecule has 194 valence electrons. The lowest BCUT2D eigenvalue weighted by molar-refractivity contribution is 0.0569. The van der Waals surface area contributed by atoms with E-state index in [0.29, 0.717) is 64.9 Å². The smallest absolute Gasteiger partial charge is 0.173 e. The van der Waals surface area contributed by atoms with Gasteiger partial charge in [-0.25, -0.2) is 0 Å². The predicted molar refractivity (Wildman–Crippen MR) is 139 cm³/mol. The molecule has 0 bridgehead atoms. The van der Waals surface area contributed by atoms with Gasteiger partial charge in [-0.15, -0.1) is 0 Å². The lowest BCUT2D eigenvalue weighted by atomic mass is 9.89. The number of hydrogen-bond donors (Lipinski definition) is 5. The van der Waals surface area contributed by atoms with Crippen molar-refractivity contribution in [2.45, 2.75) is 83.5 Å². The standard InChI is InChI=1S/C29H36O7/c1-27(2,33)9-6-10-29(5)12-8-21-25-22(16-23(35-25)17-13-18(30)15-19(31)14-17)20(7-11-28(3,4)34)24(32)26(21)36-29/h8,12-16,30-34H,6-7,9-11H2,1-5H3. The molecule has 2 heterocycles. The van der Waals surface area contributed by atoms with Crippen LogP contribution in [0.1, 0.15) is 71.4 Å². The van der Waals surface area contributed by atoms with Gasteiger partial charge in [0.25, 0.3) is 0 Å². The van der Waals surface area contributed by atoms with Crippen molar-refractivity contribution in [3.8, 4) is 34.3 Å². The molecule has 0 amide bonds. The maximum atomic E-state index is 11.4. The maximum absolute atomic E-state index is 11.4. The number of aromatic hydroxyl groups is 3. The highest BCUT2D eigenvalue weighted by molar-refractivity contribution is 5.97. The lowest BCUT2D eigenvalue weighted by Crippen LogP contribution is -2.33. The Morgan fingerprint density at radius 2 is 1.53 bits per heavy atom. The van der Waals surface area contributed by atoms with Gasteiger partial charge in [-0.2, -0.15) is 0 Å². The third-order valence-corrected chi connectivity index (χ3v) is 6.62. The van der Waals surface area contributed by atoms with E-state index in [1.54, 1.807) is 33.8 Å². The van der Waals surface area contributed by atoms with E-state index in [4.69, 9.17) is 9.15 Å². The lowest BCUT2D eigenvalue weighted by Gasteiger charge is -2.33. The number of aliphatic hydroxyl groups is 2. The van der Waals surface area contributed by atoms with Crippen molar-refractivity contribution in [3.63, 3.8) is 0 Å². The number of phenols is 3. The van der Waals surface area contributed by atoms with Crippen LogP contribution in [0.25, 0.3) is 28.4 Å². The summed E-state index contributed by atoms with van der Waals surface area (Å²) in [6.45, 7) is 8.94. The van der Waals surface area contributed by atoms with Crippen LogP contribution in [-0.2, 0) is 6.42 Å². The Morgan fingerprint density at radius 3 is 2.14 bits per heavy atom. The highest BCUT2D eigenvalue weighted by atomic mass is 16.5. The minimum absolute atomic E-state index is 0.00548. The van der Waals surface area contributed by atoms with Gasteiger partial charge in [-0.05, 0) is 97.1 Å². The first-order valence-electron chi connectivity index (χ1n) is 12.3. The molecule has 1 aromatic heterocycles. The van der Waals surface area contributed by atoms with E-state index < -0.39 is 16.8 Å². The third-order valence-electron chi connectivity index (χ3n) is 6.62. The fourth-order valence-electron chi connectivity index (χ4n) is 4.66. The van der Waals surface area contributed by atoms with Gasteiger partial charge >= 0.3 is 0 Å². The van der Waals surface area contributed by atoms with Crippen molar-refractivity contribution in [2.24, 2.45) is 0 Å². The van der Waals surface area contributed by atoms with Crippen LogP contribution in [0.15, 0.2) is 34.8 Å². The summed E-state index contributed by atoms with van der Waals surface area (Å²) >= 11 is 0. The highest BCUT2D eigenvalue weighted by Crippen LogP contribution is 2.49. The summed E-state index contributed by atoms with van der Waals surface area (Å²) in [6.07, 6.45) is 6.62. The Balaban J connectivity index is 1.81. The van der Waals surface area contributed by atoms with E-state index in [2.05, 4.69) is 0 Å². The Labute approximate surface area is 211 Å². The van der Waals surface area contributed by atoms with E-state index in [9.17, 15) is 25.5 Å². The topological polar surface area (TPSA) is 124 Å². The van der Waals surface area contributed by atoms with E-state index in [-0.39, 0.29) is 17.2 Å². The molecule has 0 radical (unpaired) electrons. The van der Waals surface area contributed by atoms with E-state index >= 15 is 0 Å². The number of aryl methyl sites for hydroxylation is 1. The number of benzene rings is 2. The van der Waals surface area contributed by atoms with E-state index in [1.165, 1.54) is 18.2 Å². The minimum atomic E-state index is -0.940. The number of phenolic OH excluding ortho intramolecular Hbond substituents is 3. The first-order valence-corrected chi connectivity index (χ1v) is 12.3. The first kappa shape index (κ1) is 25.9. The summed E-state index contributed by atoms with van der Waals surface area (Å²) in [6, 6.07) is 6.00. The molecule has 0 fully saturated rings. The monoisotopic (exact) mass is 496 g/mol. The fraction of sp³-hybridized carbons (Fsp3) is 0.448. The summed E-state index contributed by atoms with van der Waals surface area (Å²) in [5.41, 5.74) is -0.183. The third kappa shape index (κ3) is 5.63. The van der Waals surface area contributed by atoms with Crippen molar-refractivity contribution in [3.05, 3.63) is 41.5 Å². The average Bonchev–Trinajstić information content (AvgIpc) is 3.16. The Bertz CT molecular complexity index is 1280. The van der Waals surface area contributed by atoms with Gasteiger partial charge in [-0.1, -0.05) is 0 Å². The first-order chi connectivity index (χ1) is 16.6. The van der Waals surface area contributed by atoms with Crippen LogP contribution in [0, 0.1) is 0 Å². The summed E-state index contributed by atoms with van der Waals surface area (Å²) in [5, 5.41) is 52.4. The number of furan rings is 1. The molecule has 0 aliphatic carbocycles. The number of fused-ring (bicyclic) bond motifs is 3. The zero-order valence-electron chi connectivity index (χ0n) is 21.6. The largest absolute Gasteiger partial charge is 0.508 e. The summed E-state index contributed by atoms with van der Waals surface area (Å²) in [5.74, 6) is 0.553. The van der Waals surface area contributed by atoms with Gasteiger partial charge in [0.1, 0.15) is 28.4 Å². The average molecular weight is 497 g/mol. The molecule has 1 unspecified atom stereocenters. The molecular formula is C29H36O7. The molecule has 0 saturated carbocycles. The van der Waals surface area contributed by atoms with Crippen molar-refractivity contribution >= 4 is 17.0 Å². The molecule has 36 heavy (non-hydrogen) atoms. The van der Waals surface area contributed by atoms with Crippen LogP contribution < -0.4 is 4.74 Å². The highest BCUT2D eigenvalue weighted by Gasteiger charge is 2.33. The van der Waals surface area contributed by atoms with Gasteiger partial charge in [0.05, 0.1) is 16.8 Å². The second-order valence-electron chi connectivity index (χ2n) is 11.4. The normalized spacial score (nSPS) is 17.9. The molecule has 3 aromatic rings. The van der Waals surface area contributed by atoms with Crippen molar-refractivity contribution in [1.29, 1.82) is 0 Å².